The van der Waals surface area contributed by atoms with Gasteiger partial charge in [-0.2, -0.15) is 13.9 Å². The van der Waals surface area contributed by atoms with Crippen molar-refractivity contribution in [3.8, 4) is 11.4 Å². The van der Waals surface area contributed by atoms with Gasteiger partial charge in [0, 0.05) is 30.2 Å². The molecule has 0 bridgehead atoms. The van der Waals surface area contributed by atoms with Crippen LogP contribution in [0.1, 0.15) is 11.3 Å². The van der Waals surface area contributed by atoms with Crippen molar-refractivity contribution in [2.24, 2.45) is 5.73 Å². The van der Waals surface area contributed by atoms with Gasteiger partial charge in [0.1, 0.15) is 24.9 Å². The van der Waals surface area contributed by atoms with Crippen LogP contribution < -0.4 is 16.2 Å². The minimum Gasteiger partial charge on any atom is -0.506 e. The molecule has 4 aromatic rings. The number of aromatic hydroxyl groups is 1. The molecule has 0 aliphatic carbocycles. The lowest BCUT2D eigenvalue weighted by Gasteiger charge is -2.29. The van der Waals surface area contributed by atoms with Crippen LogP contribution in [0, 0.1) is 0 Å². The van der Waals surface area contributed by atoms with Crippen LogP contribution in [0.4, 0.5) is 14.6 Å². The molecule has 3 aromatic heterocycles. The SMILES string of the molecule is NC(=O)Cn1ccnc(N(Cc2cc(Cl)ccc2-n2cncn2)CC(F)(F)c2ncccc2O)c1=O. The number of benzene rings is 1. The Morgan fingerprint density at radius 1 is 1.22 bits per heavy atom. The number of rotatable bonds is 9. The van der Waals surface area contributed by atoms with E-state index >= 15 is 8.78 Å². The van der Waals surface area contributed by atoms with Crippen LogP contribution in [-0.2, 0) is 23.8 Å². The van der Waals surface area contributed by atoms with Crippen molar-refractivity contribution in [2.75, 3.05) is 11.4 Å². The molecule has 3 N–H and O–H groups in total. The summed E-state index contributed by atoms with van der Waals surface area (Å²) in [6.07, 6.45) is 6.25. The molecule has 0 saturated heterocycles. The maximum atomic E-state index is 15.4. The molecule has 0 aliphatic rings. The lowest BCUT2D eigenvalue weighted by atomic mass is 10.1. The first-order valence-electron chi connectivity index (χ1n) is 10.4. The predicted molar refractivity (Wildman–Crippen MR) is 125 cm³/mol. The van der Waals surface area contributed by atoms with Crippen LogP contribution in [0.3, 0.4) is 0 Å². The third-order valence-corrected chi connectivity index (χ3v) is 5.35. The van der Waals surface area contributed by atoms with Gasteiger partial charge in [-0.3, -0.25) is 14.6 Å². The summed E-state index contributed by atoms with van der Waals surface area (Å²) < 4.78 is 33.2. The van der Waals surface area contributed by atoms with Crippen molar-refractivity contribution >= 4 is 23.3 Å². The first-order chi connectivity index (χ1) is 17.2. The normalized spacial score (nSPS) is 11.4. The number of carbonyl (C=O) groups is 1. The summed E-state index contributed by atoms with van der Waals surface area (Å²) >= 11 is 6.18. The molecular formula is C22H19ClF2N8O3. The number of carbonyl (C=O) groups excluding carboxylic acids is 1. The van der Waals surface area contributed by atoms with E-state index in [1.54, 1.807) is 12.1 Å². The van der Waals surface area contributed by atoms with E-state index in [9.17, 15) is 14.7 Å². The average molecular weight is 517 g/mol. The largest absolute Gasteiger partial charge is 0.506 e. The monoisotopic (exact) mass is 516 g/mol. The number of halogens is 3. The molecule has 0 unspecified atom stereocenters. The molecule has 1 amide bonds. The highest BCUT2D eigenvalue weighted by Gasteiger charge is 2.39. The molecule has 1 aromatic carbocycles. The van der Waals surface area contributed by atoms with Gasteiger partial charge in [0.05, 0.1) is 12.2 Å². The Balaban J connectivity index is 1.82. The van der Waals surface area contributed by atoms with Crippen LogP contribution in [0.15, 0.2) is 66.4 Å². The third kappa shape index (κ3) is 5.30. The lowest BCUT2D eigenvalue weighted by molar-refractivity contribution is -0.118. The van der Waals surface area contributed by atoms with E-state index in [1.165, 1.54) is 41.9 Å². The molecule has 36 heavy (non-hydrogen) atoms. The second kappa shape index (κ2) is 10.1. The van der Waals surface area contributed by atoms with Crippen LogP contribution in [-0.4, -0.2) is 46.9 Å². The van der Waals surface area contributed by atoms with E-state index < -0.39 is 41.9 Å². The summed E-state index contributed by atoms with van der Waals surface area (Å²) in [6, 6.07) is 7.14. The number of hydrogen-bond acceptors (Lipinski definition) is 8. The Kier molecular flexibility index (Phi) is 6.92. The van der Waals surface area contributed by atoms with E-state index in [0.29, 0.717) is 16.3 Å². The maximum absolute atomic E-state index is 15.4. The molecule has 0 atom stereocenters. The fraction of sp³-hybridized carbons (Fsp3) is 0.182. The van der Waals surface area contributed by atoms with Crippen molar-refractivity contribution in [3.63, 3.8) is 0 Å². The number of primary amides is 1. The number of hydrogen-bond donors (Lipinski definition) is 2. The first-order valence-corrected chi connectivity index (χ1v) is 10.8. The quantitative estimate of drug-likeness (QED) is 0.343. The zero-order valence-corrected chi connectivity index (χ0v) is 19.3. The maximum Gasteiger partial charge on any atom is 0.310 e. The van der Waals surface area contributed by atoms with Crippen LogP contribution in [0.2, 0.25) is 5.02 Å². The molecule has 0 radical (unpaired) electrons. The van der Waals surface area contributed by atoms with Crippen molar-refractivity contribution in [1.82, 2.24) is 29.3 Å². The van der Waals surface area contributed by atoms with Crippen LogP contribution in [0.5, 0.6) is 5.75 Å². The molecule has 0 saturated carbocycles. The zero-order valence-electron chi connectivity index (χ0n) is 18.5. The van der Waals surface area contributed by atoms with E-state index in [1.807, 2.05) is 0 Å². The van der Waals surface area contributed by atoms with Crippen LogP contribution in [0.25, 0.3) is 5.69 Å². The minimum absolute atomic E-state index is 0.276. The fourth-order valence-electron chi connectivity index (χ4n) is 3.59. The average Bonchev–Trinajstić information content (AvgIpc) is 3.35. The standard InChI is InChI=1S/C22H19ClF2N8O3/c23-15-3-4-16(33-13-27-12-30-33)14(8-15)9-32(11-22(24,25)19-17(34)2-1-5-28-19)20-21(36)31(7-6-29-20)10-18(26)35/h1-8,12-13,34H,9-11H2,(H2,26,35). The van der Waals surface area contributed by atoms with Crippen molar-refractivity contribution in [2.45, 2.75) is 19.0 Å². The molecule has 14 heteroatoms. The smallest absolute Gasteiger partial charge is 0.310 e. The number of nitrogens with two attached hydrogens (primary N) is 1. The molecule has 186 valence electrons. The lowest BCUT2D eigenvalue weighted by Crippen LogP contribution is -2.41. The Labute approximate surface area is 207 Å². The summed E-state index contributed by atoms with van der Waals surface area (Å²) in [6.45, 7) is -1.84. The highest BCUT2D eigenvalue weighted by Crippen LogP contribution is 2.34. The second-order valence-electron chi connectivity index (χ2n) is 7.69. The second-order valence-corrected chi connectivity index (χ2v) is 8.13. The van der Waals surface area contributed by atoms with Gasteiger partial charge < -0.3 is 20.3 Å². The number of amides is 1. The summed E-state index contributed by atoms with van der Waals surface area (Å²) in [5.41, 5.74) is 4.41. The molecule has 4 rings (SSSR count). The summed E-state index contributed by atoms with van der Waals surface area (Å²) in [7, 11) is 0. The van der Waals surface area contributed by atoms with Crippen molar-refractivity contribution < 1.29 is 18.7 Å². The van der Waals surface area contributed by atoms with Gasteiger partial charge >= 0.3 is 5.92 Å². The number of aromatic nitrogens is 6. The van der Waals surface area contributed by atoms with E-state index in [4.69, 9.17) is 17.3 Å². The van der Waals surface area contributed by atoms with E-state index in [2.05, 4.69) is 20.1 Å². The highest BCUT2D eigenvalue weighted by atomic mass is 35.5. The van der Waals surface area contributed by atoms with Gasteiger partial charge in [-0.15, -0.1) is 0 Å². The predicted octanol–water partition coefficient (Wildman–Crippen LogP) is 1.86. The van der Waals surface area contributed by atoms with Crippen molar-refractivity contribution in [3.05, 3.63) is 88.2 Å². The number of nitrogens with zero attached hydrogens (tertiary/aromatic N) is 7. The molecular weight excluding hydrogens is 498 g/mol. The summed E-state index contributed by atoms with van der Waals surface area (Å²) in [5, 5.41) is 14.4. The zero-order chi connectivity index (χ0) is 25.9. The Bertz CT molecular complexity index is 1450. The summed E-state index contributed by atoms with van der Waals surface area (Å²) in [4.78, 5) is 37.0. The van der Waals surface area contributed by atoms with E-state index in [0.717, 1.165) is 21.7 Å². The van der Waals surface area contributed by atoms with E-state index in [-0.39, 0.29) is 12.4 Å². The van der Waals surface area contributed by atoms with Gasteiger partial charge in [0.2, 0.25) is 5.91 Å². The Morgan fingerprint density at radius 3 is 2.72 bits per heavy atom. The van der Waals surface area contributed by atoms with Gasteiger partial charge in [-0.1, -0.05) is 11.6 Å². The van der Waals surface area contributed by atoms with Gasteiger partial charge in [-0.05, 0) is 35.9 Å². The molecule has 0 aliphatic heterocycles. The molecule has 11 nitrogen and oxygen atoms in total. The van der Waals surface area contributed by atoms with Crippen molar-refractivity contribution in [1.29, 1.82) is 0 Å². The topological polar surface area (TPSA) is 145 Å². The highest BCUT2D eigenvalue weighted by molar-refractivity contribution is 6.30. The number of anilines is 1. The number of pyridine rings is 1. The van der Waals surface area contributed by atoms with Gasteiger partial charge in [0.15, 0.2) is 11.5 Å². The van der Waals surface area contributed by atoms with Crippen LogP contribution >= 0.6 is 11.6 Å². The van der Waals surface area contributed by atoms with Gasteiger partial charge in [-0.25, -0.2) is 14.6 Å². The molecule has 3 heterocycles. The third-order valence-electron chi connectivity index (χ3n) is 5.11. The Hall–Kier alpha value is -4.39. The fourth-order valence-corrected chi connectivity index (χ4v) is 3.78. The first kappa shape index (κ1) is 24.7. The number of alkyl halides is 2. The minimum atomic E-state index is -3.71. The Morgan fingerprint density at radius 2 is 2.03 bits per heavy atom. The summed E-state index contributed by atoms with van der Waals surface area (Å²) in [5.74, 6) is -5.60. The molecule has 0 fully saturated rings. The van der Waals surface area contributed by atoms with Gasteiger partial charge in [0.25, 0.3) is 5.56 Å². The molecule has 0 spiro atoms.